The molecule has 2 aliphatic rings. The Labute approximate surface area is 758 Å². The number of hydrogen-bond acceptors (Lipinski definition) is 33. The number of para-hydroxylation sites is 3. The van der Waals surface area contributed by atoms with Crippen LogP contribution in [-0.4, -0.2) is 194 Å². The van der Waals surface area contributed by atoms with Gasteiger partial charge in [0, 0.05) is 139 Å². The molecule has 7 heterocycles. The Bertz CT molecular complexity index is 6030. The van der Waals surface area contributed by atoms with Crippen LogP contribution in [0.5, 0.6) is 5.75 Å². The number of H-pyrrole nitrogens is 3. The number of aromatic amines is 3. The zero-order chi connectivity index (χ0) is 88.9. The number of furan rings is 2. The van der Waals surface area contributed by atoms with Gasteiger partial charge in [-0.2, -0.15) is 0 Å². The number of carbonyl (C=O) groups excluding carboxylic acids is 7. The zero-order valence-electron chi connectivity index (χ0n) is 67.0. The van der Waals surface area contributed by atoms with E-state index in [1.54, 1.807) is 67.2 Å². The van der Waals surface area contributed by atoms with Crippen molar-refractivity contribution >= 4 is 340 Å². The van der Waals surface area contributed by atoms with Gasteiger partial charge in [0.1, 0.15) is 61.0 Å². The minimum atomic E-state index is -0.571. The predicted octanol–water partition coefficient (Wildman–Crippen LogP) is 21.2. The third kappa shape index (κ3) is 25.2. The molecule has 5 aromatic carbocycles. The Balaban J connectivity index is 0.000000178. The number of hydrogen-bond donors (Lipinski definition) is 3. The number of carbonyl (C=O) groups is 7. The highest BCUT2D eigenvalue weighted by Gasteiger charge is 2.30. The van der Waals surface area contributed by atoms with Crippen LogP contribution in [-0.2, 0) is 58.8 Å². The number of halogens is 1. The topological polar surface area (TPSA) is 353 Å². The van der Waals surface area contributed by atoms with Crippen molar-refractivity contribution in [2.45, 2.75) is 58.8 Å². The molecule has 0 unspecified atom stereocenters. The quantitative estimate of drug-likeness (QED) is 0.0219. The first-order valence-electron chi connectivity index (χ1n) is 36.8. The summed E-state index contributed by atoms with van der Waals surface area (Å²) >= 11 is 39.4. The molecular formula is C86H77BrN10O17S9. The summed E-state index contributed by atoms with van der Waals surface area (Å²) in [6.45, 7) is 4.30. The van der Waals surface area contributed by atoms with Gasteiger partial charge in [0.05, 0.1) is 67.0 Å². The van der Waals surface area contributed by atoms with E-state index in [-0.39, 0.29) is 29.4 Å². The third-order valence-electron chi connectivity index (χ3n) is 17.3. The van der Waals surface area contributed by atoms with Crippen LogP contribution < -0.4 is 4.74 Å². The lowest BCUT2D eigenvalue weighted by molar-refractivity contribution is 0.0518. The molecule has 0 bridgehead atoms. The van der Waals surface area contributed by atoms with E-state index in [9.17, 15) is 33.6 Å². The number of aliphatic imine (C=N–C) groups is 7. The van der Waals surface area contributed by atoms with E-state index in [1.165, 1.54) is 127 Å². The van der Waals surface area contributed by atoms with Gasteiger partial charge in [0.25, 0.3) is 0 Å². The van der Waals surface area contributed by atoms with Crippen LogP contribution in [0.15, 0.2) is 157 Å². The summed E-state index contributed by atoms with van der Waals surface area (Å²) in [6.07, 6.45) is 17.7. The number of benzene rings is 5. The van der Waals surface area contributed by atoms with E-state index in [2.05, 4.69) is 136 Å². The summed E-state index contributed by atoms with van der Waals surface area (Å²) < 4.78 is 50.6. The van der Waals surface area contributed by atoms with Gasteiger partial charge in [-0.3, -0.25) is 20.0 Å². The highest BCUT2D eigenvalue weighted by molar-refractivity contribution is 9.10. The largest absolute Gasteiger partial charge is 0.497 e. The van der Waals surface area contributed by atoms with Crippen molar-refractivity contribution < 1.29 is 80.3 Å². The fourth-order valence-electron chi connectivity index (χ4n) is 12.2. The smallest absolute Gasteiger partial charge is 0.376 e. The number of esters is 7. The van der Waals surface area contributed by atoms with Crippen molar-refractivity contribution in [3.05, 3.63) is 174 Å². The van der Waals surface area contributed by atoms with Crippen LogP contribution in [0.1, 0.15) is 127 Å². The summed E-state index contributed by atoms with van der Waals surface area (Å²) in [7, 11) is 8.21. The Kier molecular flexibility index (Phi) is 39.1. The normalized spacial score (nSPS) is 11.8. The van der Waals surface area contributed by atoms with E-state index in [1.807, 2.05) is 91.9 Å². The number of ether oxygens (including phenoxy) is 8. The lowest BCUT2D eigenvalue weighted by Gasteiger charge is -2.11. The van der Waals surface area contributed by atoms with E-state index in [4.69, 9.17) is 61.7 Å². The van der Waals surface area contributed by atoms with Crippen molar-refractivity contribution in [1.82, 2.24) is 15.0 Å². The summed E-state index contributed by atoms with van der Waals surface area (Å²) in [5.74, 6) is -1.69. The summed E-state index contributed by atoms with van der Waals surface area (Å²) in [6, 6.07) is 33.1. The predicted molar refractivity (Wildman–Crippen MR) is 520 cm³/mol. The molecule has 2 aliphatic carbocycles. The van der Waals surface area contributed by atoms with E-state index in [0.717, 1.165) is 108 Å². The van der Waals surface area contributed by atoms with Crippen molar-refractivity contribution in [2.75, 3.05) is 55.9 Å². The fraction of sp³-hybridized carbons (Fsp3) is 0.198. The van der Waals surface area contributed by atoms with Crippen molar-refractivity contribution in [1.29, 1.82) is 0 Å². The standard InChI is InChI=1S/C13H12N2O3S.C13H12N2O2S.C13H15NO2S2.C12H8BrNO3S.C12H10N2O2S.C12H9NO3S.C11H11NO2S2/c1-17-8-3-4-10-9(7-8)11(14-5-6-19)12(15-10)13(16)18-2;1-2-17-13(16)11-9-5-3-4-6-10(9)15-12(11)14-7-8-18;1-2-16-13(15)11-9-5-3-4-6-10(9)18-12(11)14-7-8-17;1-16-12(15)11-10(14-4-5-18)8-6-7(13)2-3-9(8)17-11;1-16-12(15)11-10(13-6-7-17)8-4-2-3-5-9(8)14-11;1-15-12(14)11-10(13-6-7-17)8-4-2-3-5-9(8)16-11;1-14-11(13)9-7-3-2-4-8(7)16-10(9)12-5-6-15/h3-7,15H,1-2H3;3-8,15H,2H2,1H3;7-8H,2-6H2,1H3;2-6H,1H3;2-7,14H,1H3;2-7H,1H3;5-6H,2-4H2,1H3. The van der Waals surface area contributed by atoms with Crippen molar-refractivity contribution in [2.24, 2.45) is 34.9 Å². The lowest BCUT2D eigenvalue weighted by atomic mass is 9.95. The average molecular weight is 1890 g/mol. The number of fused-ring (bicyclic) bond motifs is 7. The minimum Gasteiger partial charge on any atom is -0.497 e. The summed E-state index contributed by atoms with van der Waals surface area (Å²) in [5, 5.41) is 15.1. The van der Waals surface area contributed by atoms with Gasteiger partial charge in [-0.15, -0.1) is 22.7 Å². The molecule has 14 rings (SSSR count). The molecule has 0 radical (unpaired) electrons. The molecule has 3 N–H and O–H groups in total. The van der Waals surface area contributed by atoms with Gasteiger partial charge in [-0.25, -0.2) is 48.5 Å². The van der Waals surface area contributed by atoms with Crippen molar-refractivity contribution in [3.63, 3.8) is 0 Å². The van der Waals surface area contributed by atoms with Crippen LogP contribution in [0.3, 0.4) is 0 Å². The second-order valence-corrected chi connectivity index (χ2v) is 29.5. The first kappa shape index (κ1) is 96.5. The first-order chi connectivity index (χ1) is 59.7. The van der Waals surface area contributed by atoms with Crippen LogP contribution in [0.4, 0.5) is 38.6 Å². The molecule has 123 heavy (non-hydrogen) atoms. The second-order valence-electron chi connectivity index (χ2n) is 24.5. The molecule has 27 nitrogen and oxygen atoms in total. The lowest BCUT2D eigenvalue weighted by Crippen LogP contribution is -2.09. The van der Waals surface area contributed by atoms with E-state index in [0.29, 0.717) is 86.8 Å². The molecule has 0 atom stereocenters. The van der Waals surface area contributed by atoms with Gasteiger partial charge in [-0.05, 0) is 131 Å². The maximum Gasteiger partial charge on any atom is 0.376 e. The SMILES string of the molecule is CCOC(=O)c1c(N=CC=S)[nH]c2ccccc12.CCOC(=O)c1c(N=CC=S)sc2c1CCCC2.COC(=O)c1[nH]c2ccc(OC)cc2c1N=CC=S.COC(=O)c1[nH]c2ccccc2c1N=CC=S.COC(=O)c1c(N=CC=S)sc2c1CCC2.COC(=O)c1oc2ccc(Br)cc2c1N=CC=S.COC(=O)c1oc2ccccc2c1N=CC=S. The number of aryl methyl sites for hydroxylation is 2. The van der Waals surface area contributed by atoms with E-state index >= 15 is 0 Å². The average Bonchev–Trinajstić information content (AvgIpc) is 1.70. The monoisotopic (exact) mass is 1890 g/mol. The van der Waals surface area contributed by atoms with E-state index < -0.39 is 23.9 Å². The van der Waals surface area contributed by atoms with Gasteiger partial charge in [-0.1, -0.05) is 150 Å². The fourth-order valence-corrected chi connectivity index (χ4v) is 15.4. The Morgan fingerprint density at radius 1 is 0.398 bits per heavy atom. The molecule has 0 saturated carbocycles. The molecule has 37 heteroatoms. The van der Waals surface area contributed by atoms with Crippen LogP contribution in [0.2, 0.25) is 0 Å². The van der Waals surface area contributed by atoms with Gasteiger partial charge in [0.15, 0.2) is 11.4 Å². The Morgan fingerprint density at radius 2 is 0.805 bits per heavy atom. The molecule has 0 aliphatic heterocycles. The van der Waals surface area contributed by atoms with Gasteiger partial charge >= 0.3 is 41.8 Å². The molecule has 0 amide bonds. The summed E-state index contributed by atoms with van der Waals surface area (Å²) in [4.78, 5) is 123. The van der Waals surface area contributed by atoms with Crippen LogP contribution in [0, 0.1) is 0 Å². The molecule has 0 fully saturated rings. The molecule has 12 aromatic rings. The minimum absolute atomic E-state index is 0.0682. The van der Waals surface area contributed by atoms with Crippen LogP contribution >= 0.6 is 124 Å². The number of rotatable bonds is 24. The number of thiocarbonyl (C=S) groups is 7. The number of thiophene rings is 2. The van der Waals surface area contributed by atoms with Gasteiger partial charge < -0.3 is 61.7 Å². The summed E-state index contributed by atoms with van der Waals surface area (Å²) in [5.41, 5.74) is 10.1. The molecular weight excluding hydrogens is 1810 g/mol. The maximum atomic E-state index is 12.0. The third-order valence-corrected chi connectivity index (χ3v) is 21.0. The highest BCUT2D eigenvalue weighted by atomic mass is 79.9. The molecule has 0 saturated heterocycles. The zero-order valence-corrected chi connectivity index (χ0v) is 75.9. The number of methoxy groups -OCH3 is 6. The molecule has 634 valence electrons. The Hall–Kier alpha value is -11.9. The number of nitrogens with one attached hydrogen (secondary N) is 3. The number of aromatic nitrogens is 3. The molecule has 7 aromatic heterocycles. The van der Waals surface area contributed by atoms with Crippen LogP contribution in [0.25, 0.3) is 54.6 Å². The van der Waals surface area contributed by atoms with Crippen molar-refractivity contribution in [3.8, 4) is 5.75 Å². The maximum absolute atomic E-state index is 12.0. The first-order valence-corrected chi connectivity index (χ1v) is 42.5. The van der Waals surface area contributed by atoms with Gasteiger partial charge in [0.2, 0.25) is 11.5 Å². The second kappa shape index (κ2) is 49.9. The molecule has 0 spiro atoms. The number of nitrogens with zero attached hydrogens (tertiary/aromatic N) is 7. The Morgan fingerprint density at radius 3 is 1.32 bits per heavy atom. The highest BCUT2D eigenvalue weighted by Crippen LogP contribution is 2.43.